The van der Waals surface area contributed by atoms with Crippen molar-refractivity contribution in [2.45, 2.75) is 56.8 Å². The second-order valence-corrected chi connectivity index (χ2v) is 9.44. The van der Waals surface area contributed by atoms with E-state index in [2.05, 4.69) is 10.2 Å². The number of piperidine rings is 1. The number of urea groups is 1. The van der Waals surface area contributed by atoms with Crippen LogP contribution in [0, 0.1) is 0 Å². The maximum Gasteiger partial charge on any atom is 0.325 e. The molecule has 0 aliphatic carbocycles. The zero-order chi connectivity index (χ0) is 23.5. The van der Waals surface area contributed by atoms with E-state index in [-0.39, 0.29) is 24.5 Å². The van der Waals surface area contributed by atoms with Crippen molar-refractivity contribution in [3.05, 3.63) is 28.8 Å². The number of imide groups is 1. The van der Waals surface area contributed by atoms with Crippen molar-refractivity contribution in [3.63, 3.8) is 0 Å². The fraction of sp³-hybridized carbons (Fsp3) is 0.591. The molecule has 0 bridgehead atoms. The van der Waals surface area contributed by atoms with E-state index in [4.69, 9.17) is 26.2 Å². The van der Waals surface area contributed by atoms with Crippen LogP contribution < -0.4 is 10.1 Å². The summed E-state index contributed by atoms with van der Waals surface area (Å²) in [6.07, 6.45) is 2.39. The van der Waals surface area contributed by atoms with Crippen molar-refractivity contribution >= 4 is 30.0 Å². The number of likely N-dealkylation sites (tertiary alicyclic amines) is 1. The van der Waals surface area contributed by atoms with Crippen LogP contribution in [0.25, 0.3) is 0 Å². The number of hydrogen-bond donors (Lipinski definition) is 3. The fourth-order valence-electron chi connectivity index (χ4n) is 4.72. The van der Waals surface area contributed by atoms with Crippen LogP contribution >= 0.6 is 11.6 Å². The van der Waals surface area contributed by atoms with Crippen LogP contribution in [0.1, 0.15) is 45.1 Å². The minimum absolute atomic E-state index is 0.208. The molecule has 0 aromatic heterocycles. The summed E-state index contributed by atoms with van der Waals surface area (Å²) in [6.45, 7) is 6.44. The maximum absolute atomic E-state index is 13.5. The maximum atomic E-state index is 13.5. The van der Waals surface area contributed by atoms with Gasteiger partial charge in [0, 0.05) is 36.6 Å². The zero-order valence-electron chi connectivity index (χ0n) is 18.3. The highest BCUT2D eigenvalue weighted by Crippen LogP contribution is 2.47. The Morgan fingerprint density at radius 1 is 1.25 bits per heavy atom. The van der Waals surface area contributed by atoms with Crippen LogP contribution in [-0.4, -0.2) is 76.3 Å². The summed E-state index contributed by atoms with van der Waals surface area (Å²) >= 11 is 6.19. The van der Waals surface area contributed by atoms with E-state index in [1.807, 2.05) is 13.8 Å². The number of aliphatic hydroxyl groups is 1. The van der Waals surface area contributed by atoms with Gasteiger partial charge in [0.15, 0.2) is 5.54 Å². The van der Waals surface area contributed by atoms with Crippen molar-refractivity contribution < 1.29 is 29.3 Å². The summed E-state index contributed by atoms with van der Waals surface area (Å²) in [5.41, 5.74) is -1.13. The van der Waals surface area contributed by atoms with Gasteiger partial charge >= 0.3 is 6.03 Å². The minimum Gasteiger partial charge on any atom is -0.487 e. The molecule has 4 rings (SSSR count). The highest BCUT2D eigenvalue weighted by atomic mass is 35.5. The molecule has 1 spiro atoms. The third kappa shape index (κ3) is 5.00. The minimum atomic E-state index is -1.14. The van der Waals surface area contributed by atoms with Crippen molar-refractivity contribution in [3.8, 4) is 5.75 Å². The summed E-state index contributed by atoms with van der Waals surface area (Å²) in [6, 6.07) is 4.83. The lowest BCUT2D eigenvalue weighted by Crippen LogP contribution is -2.53. The molecular weight excluding hydrogens is 438 g/mol. The van der Waals surface area contributed by atoms with Gasteiger partial charge in [-0.25, -0.2) is 4.79 Å². The Balaban J connectivity index is 0.000000913. The number of aliphatic hydroxyl groups excluding tert-OH is 1. The lowest BCUT2D eigenvalue weighted by molar-refractivity contribution is -0.134. The SMILES string of the molecule is CC1(C)CC2(NC(=O)N(CCCN3CCC(O)CC3)C2=O)c2cc(Cl)ccc2O1.O=CO. The Labute approximate surface area is 192 Å². The molecule has 176 valence electrons. The molecule has 10 heteroatoms. The first-order valence-electron chi connectivity index (χ1n) is 10.7. The first-order chi connectivity index (χ1) is 15.1. The van der Waals surface area contributed by atoms with E-state index in [9.17, 15) is 14.7 Å². The predicted molar refractivity (Wildman–Crippen MR) is 118 cm³/mol. The number of hydrogen-bond acceptors (Lipinski definition) is 6. The Kier molecular flexibility index (Phi) is 7.32. The van der Waals surface area contributed by atoms with Crippen LogP contribution in [0.15, 0.2) is 18.2 Å². The summed E-state index contributed by atoms with van der Waals surface area (Å²) < 4.78 is 6.04. The van der Waals surface area contributed by atoms with Gasteiger partial charge in [-0.15, -0.1) is 0 Å². The number of fused-ring (bicyclic) bond motifs is 2. The average molecular weight is 468 g/mol. The molecule has 1 unspecified atom stereocenters. The highest BCUT2D eigenvalue weighted by Gasteiger charge is 2.58. The van der Waals surface area contributed by atoms with Crippen LogP contribution in [0.3, 0.4) is 0 Å². The number of carbonyl (C=O) groups is 3. The van der Waals surface area contributed by atoms with Gasteiger partial charge in [-0.05, 0) is 57.9 Å². The number of carbonyl (C=O) groups excluding carboxylic acids is 2. The molecule has 3 aliphatic rings. The fourth-order valence-corrected chi connectivity index (χ4v) is 4.89. The number of amides is 3. The molecule has 2 saturated heterocycles. The average Bonchev–Trinajstić information content (AvgIpc) is 2.94. The predicted octanol–water partition coefficient (Wildman–Crippen LogP) is 2.20. The molecule has 1 atom stereocenters. The molecule has 0 radical (unpaired) electrons. The lowest BCUT2D eigenvalue weighted by Gasteiger charge is -2.42. The molecule has 3 amide bonds. The van der Waals surface area contributed by atoms with E-state index in [1.165, 1.54) is 4.90 Å². The quantitative estimate of drug-likeness (QED) is 0.458. The number of rotatable bonds is 4. The van der Waals surface area contributed by atoms with Gasteiger partial charge in [0.25, 0.3) is 12.4 Å². The smallest absolute Gasteiger partial charge is 0.325 e. The van der Waals surface area contributed by atoms with Gasteiger partial charge in [0.1, 0.15) is 11.4 Å². The Bertz CT molecular complexity index is 871. The van der Waals surface area contributed by atoms with Crippen molar-refractivity contribution in [1.82, 2.24) is 15.1 Å². The molecule has 3 N–H and O–H groups in total. The van der Waals surface area contributed by atoms with Gasteiger partial charge in [-0.3, -0.25) is 14.5 Å². The number of ether oxygens (including phenoxy) is 1. The number of halogens is 1. The third-order valence-corrected chi connectivity index (χ3v) is 6.30. The molecule has 0 saturated carbocycles. The van der Waals surface area contributed by atoms with Gasteiger partial charge in [0.2, 0.25) is 0 Å². The van der Waals surface area contributed by atoms with E-state index in [0.717, 1.165) is 32.5 Å². The number of nitrogens with zero attached hydrogens (tertiary/aromatic N) is 2. The summed E-state index contributed by atoms with van der Waals surface area (Å²) in [5.74, 6) is 0.337. The largest absolute Gasteiger partial charge is 0.487 e. The van der Waals surface area contributed by atoms with E-state index in [1.54, 1.807) is 18.2 Å². The first-order valence-corrected chi connectivity index (χ1v) is 11.1. The molecule has 1 aromatic rings. The van der Waals surface area contributed by atoms with Gasteiger partial charge in [-0.1, -0.05) is 11.6 Å². The molecular formula is C22H30ClN3O6. The van der Waals surface area contributed by atoms with Crippen molar-refractivity contribution in [2.24, 2.45) is 0 Å². The molecule has 32 heavy (non-hydrogen) atoms. The normalized spacial score (nSPS) is 24.9. The van der Waals surface area contributed by atoms with E-state index >= 15 is 0 Å². The number of carboxylic acid groups (broad SMARTS) is 1. The topological polar surface area (TPSA) is 119 Å². The molecule has 9 nitrogen and oxygen atoms in total. The molecule has 1 aromatic carbocycles. The monoisotopic (exact) mass is 467 g/mol. The van der Waals surface area contributed by atoms with Crippen molar-refractivity contribution in [2.75, 3.05) is 26.2 Å². The third-order valence-electron chi connectivity index (χ3n) is 6.07. The Morgan fingerprint density at radius 2 is 1.91 bits per heavy atom. The van der Waals surface area contributed by atoms with Gasteiger partial charge in [0.05, 0.1) is 6.10 Å². The molecule has 2 fully saturated rings. The lowest BCUT2D eigenvalue weighted by atomic mass is 9.77. The molecule has 3 aliphatic heterocycles. The second kappa shape index (κ2) is 9.64. The number of nitrogens with one attached hydrogen (secondary N) is 1. The summed E-state index contributed by atoms with van der Waals surface area (Å²) in [7, 11) is 0. The van der Waals surface area contributed by atoms with Crippen LogP contribution in [-0.2, 0) is 15.1 Å². The molecule has 3 heterocycles. The Hall–Kier alpha value is -2.36. The highest BCUT2D eigenvalue weighted by molar-refractivity contribution is 6.30. The van der Waals surface area contributed by atoms with E-state index in [0.29, 0.717) is 35.7 Å². The Morgan fingerprint density at radius 3 is 2.56 bits per heavy atom. The first kappa shape index (κ1) is 24.3. The summed E-state index contributed by atoms with van der Waals surface area (Å²) in [4.78, 5) is 38.2. The van der Waals surface area contributed by atoms with Gasteiger partial charge < -0.3 is 25.2 Å². The van der Waals surface area contributed by atoms with Crippen LogP contribution in [0.2, 0.25) is 5.02 Å². The van der Waals surface area contributed by atoms with Crippen LogP contribution in [0.4, 0.5) is 4.79 Å². The van der Waals surface area contributed by atoms with Crippen LogP contribution in [0.5, 0.6) is 5.75 Å². The zero-order valence-corrected chi connectivity index (χ0v) is 19.1. The van der Waals surface area contributed by atoms with E-state index < -0.39 is 11.1 Å². The van der Waals surface area contributed by atoms with Crippen molar-refractivity contribution in [1.29, 1.82) is 0 Å². The number of benzene rings is 1. The second-order valence-electron chi connectivity index (χ2n) is 9.00. The van der Waals surface area contributed by atoms with Gasteiger partial charge in [-0.2, -0.15) is 0 Å². The summed E-state index contributed by atoms with van der Waals surface area (Å²) in [5, 5.41) is 20.0. The standard InChI is InChI=1S/C21H28ClN3O4.CH2O2/c1-20(2)13-21(16-12-14(22)4-5-17(16)29-20)18(27)25(19(28)23-21)9-3-8-24-10-6-15(26)7-11-24;2-1-3/h4-5,12,15,26H,3,6-11,13H2,1-2H3,(H,23,28);1H,(H,2,3).